The Labute approximate surface area is 155 Å². The maximum absolute atomic E-state index is 13.1. The lowest BCUT2D eigenvalue weighted by molar-refractivity contribution is -0.155. The molecule has 4 aliphatic carbocycles. The molecule has 0 saturated heterocycles. The van der Waals surface area contributed by atoms with Crippen molar-refractivity contribution in [1.29, 1.82) is 0 Å². The number of ketones is 2. The monoisotopic (exact) mass is 362 g/mol. The molecule has 138 valence electrons. The number of Topliss-reactive ketones (excluding diaryl/α,β-unsaturated/α-hetero) is 2. The van der Waals surface area contributed by atoms with Gasteiger partial charge in [-0.25, -0.2) is 0 Å². The van der Waals surface area contributed by atoms with Crippen LogP contribution >= 0.6 is 11.8 Å². The van der Waals surface area contributed by atoms with Gasteiger partial charge in [0.15, 0.2) is 5.12 Å². The molecule has 0 aromatic carbocycles. The fraction of sp³-hybridized carbons (Fsp3) is 0.857. The minimum Gasteiger partial charge on any atom is -0.299 e. The van der Waals surface area contributed by atoms with E-state index >= 15 is 0 Å². The van der Waals surface area contributed by atoms with Crippen LogP contribution in [-0.2, 0) is 14.4 Å². The van der Waals surface area contributed by atoms with Crippen LogP contribution in [-0.4, -0.2) is 21.9 Å². The molecule has 7 atom stereocenters. The molecule has 0 aromatic rings. The molecule has 0 heterocycles. The maximum Gasteiger partial charge on any atom is 0.186 e. The first-order valence-corrected chi connectivity index (χ1v) is 10.9. The number of hydrogen-bond acceptors (Lipinski definition) is 4. The van der Waals surface area contributed by atoms with E-state index in [4.69, 9.17) is 0 Å². The Morgan fingerprint density at radius 1 is 1.08 bits per heavy atom. The van der Waals surface area contributed by atoms with Gasteiger partial charge in [0, 0.05) is 36.3 Å². The minimum atomic E-state index is -0.160. The summed E-state index contributed by atoms with van der Waals surface area (Å²) >= 11 is 1.44. The molecule has 0 aromatic heterocycles. The van der Waals surface area contributed by atoms with Crippen molar-refractivity contribution in [3.05, 3.63) is 0 Å². The predicted molar refractivity (Wildman–Crippen MR) is 99.2 cm³/mol. The molecule has 4 heteroatoms. The van der Waals surface area contributed by atoms with Crippen LogP contribution in [0, 0.1) is 34.5 Å². The normalized spacial score (nSPS) is 49.3. The molecule has 4 fully saturated rings. The van der Waals surface area contributed by atoms with E-state index in [1.807, 2.05) is 0 Å². The van der Waals surface area contributed by atoms with Crippen molar-refractivity contribution in [2.45, 2.75) is 77.4 Å². The summed E-state index contributed by atoms with van der Waals surface area (Å²) in [4.78, 5) is 37.1. The van der Waals surface area contributed by atoms with E-state index in [1.165, 1.54) is 11.8 Å². The van der Waals surface area contributed by atoms with Crippen LogP contribution in [0.25, 0.3) is 0 Å². The second-order valence-corrected chi connectivity index (χ2v) is 11.0. The van der Waals surface area contributed by atoms with Crippen molar-refractivity contribution in [1.82, 2.24) is 0 Å². The average Bonchev–Trinajstić information content (AvgIpc) is 2.84. The molecule has 4 saturated carbocycles. The van der Waals surface area contributed by atoms with Crippen molar-refractivity contribution in [3.63, 3.8) is 0 Å². The van der Waals surface area contributed by atoms with Gasteiger partial charge in [-0.05, 0) is 61.7 Å². The van der Waals surface area contributed by atoms with Gasteiger partial charge in [-0.3, -0.25) is 14.4 Å². The summed E-state index contributed by atoms with van der Waals surface area (Å²) in [5, 5.41) is 0.491. The van der Waals surface area contributed by atoms with Crippen LogP contribution < -0.4 is 0 Å². The van der Waals surface area contributed by atoms with E-state index < -0.39 is 0 Å². The van der Waals surface area contributed by atoms with Gasteiger partial charge >= 0.3 is 0 Å². The Balaban J connectivity index is 1.60. The first kappa shape index (κ1) is 17.8. The standard InChI is InChI=1S/C21H30O3S/c1-12(22)25-13-6-8-20(2)16-7-9-21(3)15(4-5-19(21)24)14(16)11-18(23)17(20)10-13/h13-17H,4-11H2,1-3H3/t13?,14-,15-,16-,17+,20+,21-/m0/s1. The molecule has 0 bridgehead atoms. The third-order valence-electron chi connectivity index (χ3n) is 8.45. The highest BCUT2D eigenvalue weighted by Gasteiger charge is 2.62. The molecule has 0 spiro atoms. The van der Waals surface area contributed by atoms with E-state index in [1.54, 1.807) is 6.92 Å². The van der Waals surface area contributed by atoms with Gasteiger partial charge in [0.25, 0.3) is 0 Å². The Bertz CT molecular complexity index is 629. The van der Waals surface area contributed by atoms with Gasteiger partial charge in [0.1, 0.15) is 11.6 Å². The highest BCUT2D eigenvalue weighted by molar-refractivity contribution is 8.14. The molecule has 25 heavy (non-hydrogen) atoms. The van der Waals surface area contributed by atoms with Crippen molar-refractivity contribution in [2.75, 3.05) is 0 Å². The van der Waals surface area contributed by atoms with Crippen LogP contribution in [0.4, 0.5) is 0 Å². The molecule has 0 aliphatic heterocycles. The van der Waals surface area contributed by atoms with Crippen molar-refractivity contribution in [3.8, 4) is 0 Å². The minimum absolute atomic E-state index is 0.0841. The quantitative estimate of drug-likeness (QED) is 0.692. The smallest absolute Gasteiger partial charge is 0.186 e. The number of fused-ring (bicyclic) bond motifs is 5. The summed E-state index contributed by atoms with van der Waals surface area (Å²) in [5.74, 6) is 2.41. The third kappa shape index (κ3) is 2.57. The Morgan fingerprint density at radius 2 is 1.84 bits per heavy atom. The van der Waals surface area contributed by atoms with Gasteiger partial charge in [-0.15, -0.1) is 0 Å². The zero-order valence-electron chi connectivity index (χ0n) is 15.7. The van der Waals surface area contributed by atoms with Crippen molar-refractivity contribution in [2.24, 2.45) is 34.5 Å². The summed E-state index contributed by atoms with van der Waals surface area (Å²) in [5.41, 5.74) is -0.0762. The molecule has 0 N–H and O–H groups in total. The summed E-state index contributed by atoms with van der Waals surface area (Å²) in [6.07, 6.45) is 7.50. The Hall–Kier alpha value is -0.640. The van der Waals surface area contributed by atoms with Crippen LogP contribution in [0.15, 0.2) is 0 Å². The van der Waals surface area contributed by atoms with E-state index in [9.17, 15) is 14.4 Å². The van der Waals surface area contributed by atoms with Crippen LogP contribution in [0.5, 0.6) is 0 Å². The largest absolute Gasteiger partial charge is 0.299 e. The molecule has 0 amide bonds. The number of rotatable bonds is 1. The molecular formula is C21H30O3S. The molecule has 0 radical (unpaired) electrons. The Kier molecular flexibility index (Phi) is 4.22. The number of carbonyl (C=O) groups is 3. The fourth-order valence-electron chi connectivity index (χ4n) is 7.12. The van der Waals surface area contributed by atoms with Crippen molar-refractivity contribution < 1.29 is 14.4 Å². The number of hydrogen-bond donors (Lipinski definition) is 0. The number of carbonyl (C=O) groups excluding carboxylic acids is 3. The van der Waals surface area contributed by atoms with Crippen LogP contribution in [0.3, 0.4) is 0 Å². The summed E-state index contributed by atoms with van der Waals surface area (Å²) in [6.45, 7) is 6.15. The molecule has 3 nitrogen and oxygen atoms in total. The van der Waals surface area contributed by atoms with Crippen LogP contribution in [0.1, 0.15) is 72.1 Å². The van der Waals surface area contributed by atoms with Gasteiger partial charge < -0.3 is 0 Å². The highest BCUT2D eigenvalue weighted by Crippen LogP contribution is 2.65. The van der Waals surface area contributed by atoms with Gasteiger partial charge in [-0.1, -0.05) is 25.6 Å². The number of thioether (sulfide) groups is 1. The average molecular weight is 363 g/mol. The van der Waals surface area contributed by atoms with E-state index in [-0.39, 0.29) is 21.9 Å². The topological polar surface area (TPSA) is 51.2 Å². The molecule has 4 rings (SSSR count). The lowest BCUT2D eigenvalue weighted by Crippen LogP contribution is -2.56. The first-order chi connectivity index (χ1) is 11.8. The second-order valence-electron chi connectivity index (χ2n) is 9.53. The van der Waals surface area contributed by atoms with E-state index in [2.05, 4.69) is 13.8 Å². The van der Waals surface area contributed by atoms with Gasteiger partial charge in [0.05, 0.1) is 0 Å². The van der Waals surface area contributed by atoms with E-state index in [0.717, 1.165) is 44.9 Å². The van der Waals surface area contributed by atoms with Gasteiger partial charge in [0.2, 0.25) is 0 Å². The molecule has 4 aliphatic rings. The zero-order chi connectivity index (χ0) is 18.0. The second kappa shape index (κ2) is 5.94. The summed E-state index contributed by atoms with van der Waals surface area (Å²) < 4.78 is 0. The first-order valence-electron chi connectivity index (χ1n) is 9.99. The lowest BCUT2D eigenvalue weighted by Gasteiger charge is -2.59. The molecule has 1 unspecified atom stereocenters. The van der Waals surface area contributed by atoms with Gasteiger partial charge in [-0.2, -0.15) is 0 Å². The summed E-state index contributed by atoms with van der Waals surface area (Å²) in [6, 6.07) is 0. The van der Waals surface area contributed by atoms with Crippen LogP contribution in [0.2, 0.25) is 0 Å². The zero-order valence-corrected chi connectivity index (χ0v) is 16.5. The van der Waals surface area contributed by atoms with Crippen molar-refractivity contribution >= 4 is 28.4 Å². The molecular weight excluding hydrogens is 332 g/mol. The Morgan fingerprint density at radius 3 is 2.56 bits per heavy atom. The SMILES string of the molecule is CC(=O)SC1CC[C@@]2(C)[C@H](C1)C(=O)C[C@@H]1[C@@H]2CC[C@]2(C)C(=O)CC[C@@H]12. The fourth-order valence-corrected chi connectivity index (χ4v) is 8.11. The maximum atomic E-state index is 13.1. The summed E-state index contributed by atoms with van der Waals surface area (Å²) in [7, 11) is 0. The highest BCUT2D eigenvalue weighted by atomic mass is 32.2. The lowest BCUT2D eigenvalue weighted by atomic mass is 9.45. The van der Waals surface area contributed by atoms with E-state index in [0.29, 0.717) is 41.0 Å². The third-order valence-corrected chi connectivity index (χ3v) is 9.54. The predicted octanol–water partition coefficient (Wildman–Crippen LogP) is 4.43.